The zero-order chi connectivity index (χ0) is 25.9. The van der Waals surface area contributed by atoms with E-state index in [0.717, 1.165) is 5.56 Å². The van der Waals surface area contributed by atoms with Crippen LogP contribution in [0, 0.1) is 6.92 Å². The standard InChI is InChI=1S/C22H25N7O6S/c1-13-11-23-20(24-12-13)19(34-5)14(2)36(30,31)28-22-26-25-21(15-9-10-35-27-15)29(22)18-16(32-3)7-6-8-17(18)33-4/h6-12,14,19H,1-5H3,(H,26,28)/t14-,19-/m0/s1. The first-order valence-electron chi connectivity index (χ1n) is 10.7. The number of hydrogen-bond donors (Lipinski definition) is 1. The maximum Gasteiger partial charge on any atom is 0.243 e. The summed E-state index contributed by atoms with van der Waals surface area (Å²) in [6, 6.07) is 6.69. The molecular weight excluding hydrogens is 490 g/mol. The Morgan fingerprint density at radius 2 is 1.69 bits per heavy atom. The van der Waals surface area contributed by atoms with Crippen molar-refractivity contribution in [3.63, 3.8) is 0 Å². The molecule has 1 N–H and O–H groups in total. The third-order valence-corrected chi connectivity index (χ3v) is 7.11. The lowest BCUT2D eigenvalue weighted by atomic mass is 10.2. The third kappa shape index (κ3) is 4.72. The number of methoxy groups -OCH3 is 3. The van der Waals surface area contributed by atoms with E-state index in [0.29, 0.717) is 22.9 Å². The molecule has 36 heavy (non-hydrogen) atoms. The monoisotopic (exact) mass is 515 g/mol. The number of aryl methyl sites for hydroxylation is 1. The fourth-order valence-corrected chi connectivity index (χ4v) is 4.68. The van der Waals surface area contributed by atoms with Gasteiger partial charge in [0.05, 0.1) is 14.2 Å². The molecule has 4 rings (SSSR count). The molecule has 0 radical (unpaired) electrons. The highest BCUT2D eigenvalue weighted by Crippen LogP contribution is 2.37. The lowest BCUT2D eigenvalue weighted by Crippen LogP contribution is -2.33. The highest BCUT2D eigenvalue weighted by atomic mass is 32.2. The van der Waals surface area contributed by atoms with Crippen LogP contribution in [-0.2, 0) is 14.8 Å². The van der Waals surface area contributed by atoms with Gasteiger partial charge in [-0.3, -0.25) is 9.29 Å². The second kappa shape index (κ2) is 10.3. The van der Waals surface area contributed by atoms with Crippen molar-refractivity contribution in [3.8, 4) is 28.7 Å². The largest absolute Gasteiger partial charge is 0.494 e. The van der Waals surface area contributed by atoms with Crippen molar-refractivity contribution in [2.75, 3.05) is 26.1 Å². The summed E-state index contributed by atoms with van der Waals surface area (Å²) in [4.78, 5) is 8.45. The van der Waals surface area contributed by atoms with Gasteiger partial charge in [-0.05, 0) is 31.5 Å². The van der Waals surface area contributed by atoms with E-state index >= 15 is 0 Å². The van der Waals surface area contributed by atoms with Crippen molar-refractivity contribution in [2.45, 2.75) is 25.2 Å². The molecule has 0 aliphatic rings. The Bertz CT molecular complexity index is 1400. The van der Waals surface area contributed by atoms with E-state index in [1.54, 1.807) is 36.7 Å². The van der Waals surface area contributed by atoms with Crippen molar-refractivity contribution in [2.24, 2.45) is 0 Å². The number of ether oxygens (including phenoxy) is 3. The molecule has 0 aliphatic heterocycles. The number of benzene rings is 1. The second-order valence-corrected chi connectivity index (χ2v) is 9.74. The van der Waals surface area contributed by atoms with E-state index in [1.807, 2.05) is 6.92 Å². The molecule has 0 unspecified atom stereocenters. The molecule has 2 atom stereocenters. The summed E-state index contributed by atoms with van der Waals surface area (Å²) in [5, 5.41) is 11.1. The molecule has 0 amide bonds. The van der Waals surface area contributed by atoms with Gasteiger partial charge in [0.2, 0.25) is 16.0 Å². The lowest BCUT2D eigenvalue weighted by molar-refractivity contribution is 0.0949. The van der Waals surface area contributed by atoms with Crippen LogP contribution in [0.15, 0.2) is 47.4 Å². The summed E-state index contributed by atoms with van der Waals surface area (Å²) in [6.45, 7) is 3.32. The normalized spacial score (nSPS) is 13.2. The minimum Gasteiger partial charge on any atom is -0.494 e. The van der Waals surface area contributed by atoms with E-state index in [9.17, 15) is 8.42 Å². The molecule has 0 saturated heterocycles. The number of anilines is 1. The molecule has 0 aliphatic carbocycles. The van der Waals surface area contributed by atoms with Gasteiger partial charge in [0, 0.05) is 25.6 Å². The Hall–Kier alpha value is -4.04. The van der Waals surface area contributed by atoms with Crippen molar-refractivity contribution in [1.82, 2.24) is 29.9 Å². The van der Waals surface area contributed by atoms with Gasteiger partial charge in [-0.2, -0.15) is 0 Å². The fourth-order valence-electron chi connectivity index (χ4n) is 3.55. The SMILES string of the molecule is COc1cccc(OC)c1-n1c(NS(=O)(=O)[C@@H](C)[C@H](OC)c2ncc(C)cn2)nnc1-c1ccon1. The number of aromatic nitrogens is 6. The molecule has 13 nitrogen and oxygen atoms in total. The Kier molecular flexibility index (Phi) is 7.17. The summed E-state index contributed by atoms with van der Waals surface area (Å²) in [5.74, 6) is 1.08. The van der Waals surface area contributed by atoms with Crippen LogP contribution in [0.25, 0.3) is 17.2 Å². The first-order chi connectivity index (χ1) is 17.3. The Balaban J connectivity index is 1.81. The van der Waals surface area contributed by atoms with Crippen molar-refractivity contribution in [1.29, 1.82) is 0 Å². The average molecular weight is 516 g/mol. The van der Waals surface area contributed by atoms with Crippen LogP contribution in [0.2, 0.25) is 0 Å². The first kappa shape index (κ1) is 25.1. The summed E-state index contributed by atoms with van der Waals surface area (Å²) in [6.07, 6.45) is 3.60. The predicted octanol–water partition coefficient (Wildman–Crippen LogP) is 2.56. The number of nitrogens with zero attached hydrogens (tertiary/aromatic N) is 6. The van der Waals surface area contributed by atoms with Crippen LogP contribution >= 0.6 is 0 Å². The Morgan fingerprint density at radius 1 is 1.03 bits per heavy atom. The zero-order valence-corrected chi connectivity index (χ0v) is 21.1. The van der Waals surface area contributed by atoms with Crippen LogP contribution in [0.5, 0.6) is 11.5 Å². The molecule has 0 spiro atoms. The molecule has 4 aromatic rings. The van der Waals surface area contributed by atoms with Crippen LogP contribution in [0.1, 0.15) is 24.4 Å². The summed E-state index contributed by atoms with van der Waals surface area (Å²) in [7, 11) is 0.244. The third-order valence-electron chi connectivity index (χ3n) is 5.41. The second-order valence-electron chi connectivity index (χ2n) is 7.71. The van der Waals surface area contributed by atoms with Crippen LogP contribution in [0.4, 0.5) is 5.95 Å². The van der Waals surface area contributed by atoms with Gasteiger partial charge in [-0.15, -0.1) is 10.2 Å². The first-order valence-corrected chi connectivity index (χ1v) is 12.3. The van der Waals surface area contributed by atoms with Crippen LogP contribution in [0.3, 0.4) is 0 Å². The smallest absolute Gasteiger partial charge is 0.243 e. The molecule has 14 heteroatoms. The number of rotatable bonds is 10. The van der Waals surface area contributed by atoms with E-state index in [2.05, 4.69) is 30.0 Å². The Labute approximate surface area is 207 Å². The van der Waals surface area contributed by atoms with E-state index in [-0.39, 0.29) is 17.6 Å². The summed E-state index contributed by atoms with van der Waals surface area (Å²) < 4.78 is 52.4. The number of para-hydroxylation sites is 1. The highest BCUT2D eigenvalue weighted by Gasteiger charge is 2.35. The minimum atomic E-state index is -4.11. The van der Waals surface area contributed by atoms with E-state index in [1.165, 1.54) is 39.1 Å². The number of sulfonamides is 1. The molecule has 190 valence electrons. The highest BCUT2D eigenvalue weighted by molar-refractivity contribution is 7.93. The molecule has 3 aromatic heterocycles. The average Bonchev–Trinajstić information content (AvgIpc) is 3.54. The van der Waals surface area contributed by atoms with E-state index in [4.69, 9.17) is 18.7 Å². The quantitative estimate of drug-likeness (QED) is 0.331. The van der Waals surface area contributed by atoms with Gasteiger partial charge in [-0.1, -0.05) is 11.2 Å². The topological polar surface area (TPSA) is 156 Å². The van der Waals surface area contributed by atoms with Gasteiger partial charge >= 0.3 is 0 Å². The van der Waals surface area contributed by atoms with Crippen molar-refractivity contribution >= 4 is 16.0 Å². The van der Waals surface area contributed by atoms with Gasteiger partial charge in [-0.25, -0.2) is 18.4 Å². The van der Waals surface area contributed by atoms with Gasteiger partial charge in [0.1, 0.15) is 34.8 Å². The van der Waals surface area contributed by atoms with E-state index < -0.39 is 21.4 Å². The number of hydrogen-bond acceptors (Lipinski definition) is 11. The van der Waals surface area contributed by atoms with Gasteiger partial charge in [0.15, 0.2) is 17.3 Å². The maximum absolute atomic E-state index is 13.5. The molecule has 3 heterocycles. The van der Waals surface area contributed by atoms with Crippen molar-refractivity contribution in [3.05, 3.63) is 54.3 Å². The van der Waals surface area contributed by atoms with Crippen molar-refractivity contribution < 1.29 is 27.2 Å². The van der Waals surface area contributed by atoms with Gasteiger partial charge in [0.25, 0.3) is 0 Å². The Morgan fingerprint density at radius 3 is 2.25 bits per heavy atom. The molecule has 0 saturated carbocycles. The molecule has 0 fully saturated rings. The molecule has 0 bridgehead atoms. The van der Waals surface area contributed by atoms with Crippen LogP contribution in [-0.4, -0.2) is 64.9 Å². The lowest BCUT2D eigenvalue weighted by Gasteiger charge is -2.22. The van der Waals surface area contributed by atoms with Crippen LogP contribution < -0.4 is 14.2 Å². The molecule has 1 aromatic carbocycles. The number of nitrogens with one attached hydrogen (secondary N) is 1. The zero-order valence-electron chi connectivity index (χ0n) is 20.2. The maximum atomic E-state index is 13.5. The summed E-state index contributed by atoms with van der Waals surface area (Å²) >= 11 is 0. The summed E-state index contributed by atoms with van der Waals surface area (Å²) in [5.41, 5.74) is 1.51. The minimum absolute atomic E-state index is 0.123. The fraction of sp³-hybridized carbons (Fsp3) is 0.318. The van der Waals surface area contributed by atoms with Gasteiger partial charge < -0.3 is 18.7 Å². The molecular formula is C22H25N7O6S. The predicted molar refractivity (Wildman–Crippen MR) is 128 cm³/mol.